The van der Waals surface area contributed by atoms with Gasteiger partial charge in [0.15, 0.2) is 0 Å². The summed E-state index contributed by atoms with van der Waals surface area (Å²) in [6.07, 6.45) is -2.09. The van der Waals surface area contributed by atoms with E-state index in [9.17, 15) is 13.2 Å². The predicted octanol–water partition coefficient (Wildman–Crippen LogP) is 3.79. The lowest BCUT2D eigenvalue weighted by Gasteiger charge is -2.40. The molecule has 2 N–H and O–H groups in total. The fourth-order valence-corrected chi connectivity index (χ4v) is 2.88. The Kier molecular flexibility index (Phi) is 4.28. The first-order valence-corrected chi connectivity index (χ1v) is 7.01. The van der Waals surface area contributed by atoms with Gasteiger partial charge < -0.3 is 10.6 Å². The summed E-state index contributed by atoms with van der Waals surface area (Å²) >= 11 is 0. The van der Waals surface area contributed by atoms with E-state index in [0.717, 1.165) is 31.1 Å². The number of hydrogen-bond donors (Lipinski definition) is 1. The van der Waals surface area contributed by atoms with E-state index in [1.54, 1.807) is 6.07 Å². The Hall–Kier alpha value is -1.23. The molecular formula is C15H21F3N2. The molecule has 0 amide bonds. The molecule has 2 rings (SSSR count). The van der Waals surface area contributed by atoms with E-state index in [1.165, 1.54) is 6.07 Å². The van der Waals surface area contributed by atoms with Gasteiger partial charge in [-0.3, -0.25) is 0 Å². The van der Waals surface area contributed by atoms with Gasteiger partial charge in [-0.2, -0.15) is 13.2 Å². The molecule has 0 radical (unpaired) electrons. The van der Waals surface area contributed by atoms with Gasteiger partial charge >= 0.3 is 6.18 Å². The van der Waals surface area contributed by atoms with Crippen molar-refractivity contribution in [1.82, 2.24) is 0 Å². The van der Waals surface area contributed by atoms with Gasteiger partial charge in [0.2, 0.25) is 0 Å². The van der Waals surface area contributed by atoms with Crippen LogP contribution in [-0.4, -0.2) is 12.6 Å². The van der Waals surface area contributed by atoms with Gasteiger partial charge in [0, 0.05) is 24.8 Å². The van der Waals surface area contributed by atoms with Crippen molar-refractivity contribution in [3.63, 3.8) is 0 Å². The number of nitrogens with two attached hydrogens (primary N) is 1. The molecule has 20 heavy (non-hydrogen) atoms. The zero-order valence-corrected chi connectivity index (χ0v) is 11.9. The first kappa shape index (κ1) is 15.2. The quantitative estimate of drug-likeness (QED) is 0.896. The molecule has 1 aliphatic heterocycles. The summed E-state index contributed by atoms with van der Waals surface area (Å²) in [6.45, 7) is 5.31. The highest BCUT2D eigenvalue weighted by Gasteiger charge is 2.32. The molecule has 1 fully saturated rings. The number of piperidine rings is 1. The van der Waals surface area contributed by atoms with Crippen LogP contribution in [-0.2, 0) is 12.7 Å². The third-order valence-electron chi connectivity index (χ3n) is 4.31. The molecule has 1 aliphatic rings. The number of benzene rings is 1. The van der Waals surface area contributed by atoms with Crippen molar-refractivity contribution in [2.24, 2.45) is 11.7 Å². The smallest absolute Gasteiger partial charge is 0.368 e. The maximum absolute atomic E-state index is 12.8. The van der Waals surface area contributed by atoms with E-state index < -0.39 is 11.7 Å². The van der Waals surface area contributed by atoms with Crippen LogP contribution in [0.4, 0.5) is 18.9 Å². The molecule has 2 nitrogen and oxygen atoms in total. The third-order valence-corrected chi connectivity index (χ3v) is 4.31. The zero-order chi connectivity index (χ0) is 14.9. The van der Waals surface area contributed by atoms with Crippen LogP contribution in [0.15, 0.2) is 18.2 Å². The molecule has 2 unspecified atom stereocenters. The van der Waals surface area contributed by atoms with Gasteiger partial charge in [-0.05, 0) is 49.4 Å². The van der Waals surface area contributed by atoms with Gasteiger partial charge in [-0.25, -0.2) is 0 Å². The summed E-state index contributed by atoms with van der Waals surface area (Å²) in [4.78, 5) is 2.19. The SMILES string of the molecule is CC1CCCN(c2ccc(C(F)(F)F)cc2CN)C1C. The van der Waals surface area contributed by atoms with Crippen LogP contribution in [0.2, 0.25) is 0 Å². The largest absolute Gasteiger partial charge is 0.416 e. The molecule has 0 spiro atoms. The maximum atomic E-state index is 12.8. The van der Waals surface area contributed by atoms with Crippen LogP contribution in [0, 0.1) is 5.92 Å². The average Bonchev–Trinajstić information content (AvgIpc) is 2.40. The van der Waals surface area contributed by atoms with Crippen molar-refractivity contribution in [2.75, 3.05) is 11.4 Å². The number of anilines is 1. The molecule has 0 aromatic heterocycles. The van der Waals surface area contributed by atoms with E-state index in [1.807, 2.05) is 0 Å². The molecule has 1 aromatic carbocycles. The van der Waals surface area contributed by atoms with Gasteiger partial charge in [-0.15, -0.1) is 0 Å². The van der Waals surface area contributed by atoms with Crippen molar-refractivity contribution >= 4 is 5.69 Å². The highest BCUT2D eigenvalue weighted by molar-refractivity contribution is 5.56. The Morgan fingerprint density at radius 1 is 1.30 bits per heavy atom. The van der Waals surface area contributed by atoms with Crippen molar-refractivity contribution in [2.45, 2.75) is 45.5 Å². The second kappa shape index (κ2) is 5.64. The molecule has 0 aliphatic carbocycles. The van der Waals surface area contributed by atoms with Crippen molar-refractivity contribution < 1.29 is 13.2 Å². The standard InChI is InChI=1S/C15H21F3N2/c1-10-4-3-7-20(11(10)2)14-6-5-13(15(16,17)18)8-12(14)9-19/h5-6,8,10-11H,3-4,7,9,19H2,1-2H3. The Morgan fingerprint density at radius 2 is 2.00 bits per heavy atom. The normalized spacial score (nSPS) is 24.0. The van der Waals surface area contributed by atoms with Crippen LogP contribution in [0.5, 0.6) is 0 Å². The van der Waals surface area contributed by atoms with Gasteiger partial charge in [0.05, 0.1) is 5.56 Å². The van der Waals surface area contributed by atoms with Gasteiger partial charge in [-0.1, -0.05) is 6.92 Å². The Bertz CT molecular complexity index is 471. The molecule has 0 saturated carbocycles. The van der Waals surface area contributed by atoms with E-state index in [0.29, 0.717) is 17.5 Å². The topological polar surface area (TPSA) is 29.3 Å². The fraction of sp³-hybridized carbons (Fsp3) is 0.600. The van der Waals surface area contributed by atoms with Crippen LogP contribution < -0.4 is 10.6 Å². The second-order valence-corrected chi connectivity index (χ2v) is 5.60. The van der Waals surface area contributed by atoms with Crippen LogP contribution in [0.1, 0.15) is 37.8 Å². The Morgan fingerprint density at radius 3 is 2.60 bits per heavy atom. The molecule has 2 atom stereocenters. The molecule has 112 valence electrons. The highest BCUT2D eigenvalue weighted by atomic mass is 19.4. The zero-order valence-electron chi connectivity index (χ0n) is 11.9. The fourth-order valence-electron chi connectivity index (χ4n) is 2.88. The maximum Gasteiger partial charge on any atom is 0.416 e. The van der Waals surface area contributed by atoms with E-state index in [2.05, 4.69) is 18.7 Å². The van der Waals surface area contributed by atoms with E-state index in [4.69, 9.17) is 5.73 Å². The minimum atomic E-state index is -4.32. The third kappa shape index (κ3) is 2.92. The lowest BCUT2D eigenvalue weighted by Crippen LogP contribution is -2.43. The molecular weight excluding hydrogens is 265 g/mol. The minimum absolute atomic E-state index is 0.122. The Balaban J connectivity index is 2.36. The monoisotopic (exact) mass is 286 g/mol. The van der Waals surface area contributed by atoms with Crippen LogP contribution in [0.25, 0.3) is 0 Å². The summed E-state index contributed by atoms with van der Waals surface area (Å²) in [7, 11) is 0. The summed E-state index contributed by atoms with van der Waals surface area (Å²) in [5, 5.41) is 0. The van der Waals surface area contributed by atoms with Crippen molar-refractivity contribution in [3.05, 3.63) is 29.3 Å². The molecule has 1 saturated heterocycles. The molecule has 1 aromatic rings. The predicted molar refractivity (Wildman–Crippen MR) is 74.5 cm³/mol. The van der Waals surface area contributed by atoms with Crippen molar-refractivity contribution in [1.29, 1.82) is 0 Å². The van der Waals surface area contributed by atoms with Crippen LogP contribution >= 0.6 is 0 Å². The van der Waals surface area contributed by atoms with E-state index >= 15 is 0 Å². The first-order valence-electron chi connectivity index (χ1n) is 7.01. The second-order valence-electron chi connectivity index (χ2n) is 5.60. The minimum Gasteiger partial charge on any atom is -0.368 e. The average molecular weight is 286 g/mol. The van der Waals surface area contributed by atoms with Gasteiger partial charge in [0.1, 0.15) is 0 Å². The number of halogens is 3. The van der Waals surface area contributed by atoms with E-state index in [-0.39, 0.29) is 6.54 Å². The molecule has 1 heterocycles. The summed E-state index contributed by atoms with van der Waals surface area (Å²) in [5.74, 6) is 0.539. The summed E-state index contributed by atoms with van der Waals surface area (Å²) < 4.78 is 38.3. The highest BCUT2D eigenvalue weighted by Crippen LogP contribution is 2.35. The first-order chi connectivity index (χ1) is 9.34. The summed E-state index contributed by atoms with van der Waals surface area (Å²) in [5.41, 5.74) is 6.45. The summed E-state index contributed by atoms with van der Waals surface area (Å²) in [6, 6.07) is 4.23. The lowest BCUT2D eigenvalue weighted by atomic mass is 9.91. The number of alkyl halides is 3. The number of hydrogen-bond acceptors (Lipinski definition) is 2. The number of nitrogens with zero attached hydrogens (tertiary/aromatic N) is 1. The van der Waals surface area contributed by atoms with Crippen molar-refractivity contribution in [3.8, 4) is 0 Å². The lowest BCUT2D eigenvalue weighted by molar-refractivity contribution is -0.137. The molecule has 5 heteroatoms. The number of rotatable bonds is 2. The van der Waals surface area contributed by atoms with Gasteiger partial charge in [0.25, 0.3) is 0 Å². The Labute approximate surface area is 117 Å². The molecule has 0 bridgehead atoms. The van der Waals surface area contributed by atoms with Crippen LogP contribution in [0.3, 0.4) is 0 Å².